The largest absolute Gasteiger partial charge is 0.484 e. The minimum atomic E-state index is -3.01. The van der Waals surface area contributed by atoms with Crippen molar-refractivity contribution in [2.45, 2.75) is 44.2 Å². The van der Waals surface area contributed by atoms with Crippen molar-refractivity contribution in [1.82, 2.24) is 4.90 Å². The van der Waals surface area contributed by atoms with E-state index in [1.54, 1.807) is 0 Å². The molecule has 1 aromatic rings. The average Bonchev–Trinajstić information content (AvgIpc) is 3.16. The summed E-state index contributed by atoms with van der Waals surface area (Å²) in [5.41, 5.74) is 0. The van der Waals surface area contributed by atoms with Crippen LogP contribution >= 0.6 is 22.6 Å². The molecule has 1 amide bonds. The first-order valence-corrected chi connectivity index (χ1v) is 11.2. The summed E-state index contributed by atoms with van der Waals surface area (Å²) in [5.74, 6) is 0.855. The van der Waals surface area contributed by atoms with Crippen molar-refractivity contribution in [3.8, 4) is 5.75 Å². The van der Waals surface area contributed by atoms with Gasteiger partial charge in [0.2, 0.25) is 0 Å². The molecule has 3 rings (SSSR count). The first kappa shape index (κ1) is 18.0. The maximum atomic E-state index is 12.8. The summed E-state index contributed by atoms with van der Waals surface area (Å²) in [6, 6.07) is 7.53. The van der Waals surface area contributed by atoms with E-state index in [1.807, 2.05) is 29.2 Å². The number of ether oxygens (including phenoxy) is 1. The predicted octanol–water partition coefficient (Wildman–Crippen LogP) is 2.63. The fourth-order valence-corrected chi connectivity index (χ4v) is 5.88. The number of halogens is 1. The Kier molecular flexibility index (Phi) is 5.69. The van der Waals surface area contributed by atoms with Crippen LogP contribution in [-0.2, 0) is 14.6 Å². The fraction of sp³-hybridized carbons (Fsp3) is 0.588. The van der Waals surface area contributed by atoms with E-state index in [-0.39, 0.29) is 36.1 Å². The van der Waals surface area contributed by atoms with E-state index in [4.69, 9.17) is 4.74 Å². The molecule has 2 aliphatic rings. The number of sulfone groups is 1. The predicted molar refractivity (Wildman–Crippen MR) is 101 cm³/mol. The summed E-state index contributed by atoms with van der Waals surface area (Å²) in [4.78, 5) is 14.6. The van der Waals surface area contributed by atoms with Gasteiger partial charge in [-0.3, -0.25) is 4.79 Å². The van der Waals surface area contributed by atoms with E-state index in [2.05, 4.69) is 22.6 Å². The molecule has 1 aromatic carbocycles. The second-order valence-corrected chi connectivity index (χ2v) is 10.0. The molecule has 2 fully saturated rings. The molecule has 0 N–H and O–H groups in total. The van der Waals surface area contributed by atoms with Crippen LogP contribution in [0.3, 0.4) is 0 Å². The first-order valence-electron chi connectivity index (χ1n) is 8.34. The van der Waals surface area contributed by atoms with Crippen molar-refractivity contribution in [3.63, 3.8) is 0 Å². The van der Waals surface area contributed by atoms with Crippen molar-refractivity contribution in [1.29, 1.82) is 0 Å². The van der Waals surface area contributed by atoms with Gasteiger partial charge in [-0.1, -0.05) is 18.9 Å². The van der Waals surface area contributed by atoms with Gasteiger partial charge in [-0.2, -0.15) is 0 Å². The van der Waals surface area contributed by atoms with Crippen LogP contribution in [0.4, 0.5) is 0 Å². The highest BCUT2D eigenvalue weighted by atomic mass is 127. The third-order valence-corrected chi connectivity index (χ3v) is 7.19. The number of rotatable bonds is 5. The van der Waals surface area contributed by atoms with Gasteiger partial charge >= 0.3 is 0 Å². The smallest absolute Gasteiger partial charge is 0.261 e. The molecular weight excluding hydrogens is 441 g/mol. The summed E-state index contributed by atoms with van der Waals surface area (Å²) >= 11 is 2.20. The van der Waals surface area contributed by atoms with Crippen molar-refractivity contribution >= 4 is 38.3 Å². The molecule has 1 aliphatic carbocycles. The Morgan fingerprint density at radius 2 is 1.96 bits per heavy atom. The van der Waals surface area contributed by atoms with Crippen LogP contribution in [0.2, 0.25) is 0 Å². The second-order valence-electron chi connectivity index (χ2n) is 6.54. The van der Waals surface area contributed by atoms with Gasteiger partial charge in [-0.25, -0.2) is 8.42 Å². The Balaban J connectivity index is 1.69. The summed E-state index contributed by atoms with van der Waals surface area (Å²) in [5, 5.41) is 0. The zero-order valence-corrected chi connectivity index (χ0v) is 16.5. The minimum absolute atomic E-state index is 0.0346. The van der Waals surface area contributed by atoms with Crippen LogP contribution in [0.15, 0.2) is 24.3 Å². The molecule has 0 aromatic heterocycles. The van der Waals surface area contributed by atoms with E-state index >= 15 is 0 Å². The Bertz CT molecular complexity index is 700. The Morgan fingerprint density at radius 3 is 2.58 bits per heavy atom. The molecule has 1 saturated heterocycles. The number of hydrogen-bond donors (Lipinski definition) is 0. The quantitative estimate of drug-likeness (QED) is 0.630. The van der Waals surface area contributed by atoms with Crippen LogP contribution in [0, 0.1) is 3.57 Å². The first-order chi connectivity index (χ1) is 11.4. The third-order valence-electron chi connectivity index (χ3n) is 4.77. The molecule has 5 nitrogen and oxygen atoms in total. The molecule has 0 spiro atoms. The van der Waals surface area contributed by atoms with Crippen molar-refractivity contribution in [2.24, 2.45) is 0 Å². The van der Waals surface area contributed by atoms with E-state index in [0.29, 0.717) is 12.2 Å². The maximum Gasteiger partial charge on any atom is 0.261 e. The molecule has 132 valence electrons. The normalized spacial score (nSPS) is 23.3. The van der Waals surface area contributed by atoms with Gasteiger partial charge in [-0.15, -0.1) is 0 Å². The lowest BCUT2D eigenvalue weighted by Gasteiger charge is -2.34. The second kappa shape index (κ2) is 7.59. The van der Waals surface area contributed by atoms with E-state index in [9.17, 15) is 13.2 Å². The van der Waals surface area contributed by atoms with Crippen LogP contribution in [-0.4, -0.2) is 49.4 Å². The Morgan fingerprint density at radius 1 is 1.21 bits per heavy atom. The summed E-state index contributed by atoms with van der Waals surface area (Å²) in [6.45, 7) is -0.0346. The molecule has 1 unspecified atom stereocenters. The van der Waals surface area contributed by atoms with E-state index < -0.39 is 9.84 Å². The zero-order valence-electron chi connectivity index (χ0n) is 13.5. The molecule has 24 heavy (non-hydrogen) atoms. The molecule has 0 radical (unpaired) electrons. The molecule has 7 heteroatoms. The fourth-order valence-electron chi connectivity index (χ4n) is 3.66. The van der Waals surface area contributed by atoms with Crippen LogP contribution in [0.25, 0.3) is 0 Å². The Labute approximate surface area is 156 Å². The van der Waals surface area contributed by atoms with Gasteiger partial charge in [0, 0.05) is 15.7 Å². The molecule has 1 saturated carbocycles. The lowest BCUT2D eigenvalue weighted by molar-refractivity contribution is -0.137. The molecule has 1 aliphatic heterocycles. The topological polar surface area (TPSA) is 63.7 Å². The van der Waals surface area contributed by atoms with Gasteiger partial charge in [0.15, 0.2) is 16.4 Å². The van der Waals surface area contributed by atoms with E-state index in [1.165, 1.54) is 0 Å². The summed E-state index contributed by atoms with van der Waals surface area (Å²) in [7, 11) is -3.01. The average molecular weight is 463 g/mol. The maximum absolute atomic E-state index is 12.8. The standard InChI is InChI=1S/C17H22INO4S/c18-13-4-3-7-16(10-13)23-11-17(20)19(14-5-1-2-6-14)15-8-9-24(21,22)12-15/h3-4,7,10,14-15H,1-2,5-6,8-9,11-12H2. The van der Waals surface area contributed by atoms with Crippen molar-refractivity contribution < 1.29 is 17.9 Å². The van der Waals surface area contributed by atoms with Crippen molar-refractivity contribution in [3.05, 3.63) is 27.8 Å². The lowest BCUT2D eigenvalue weighted by Crippen LogP contribution is -2.48. The van der Waals surface area contributed by atoms with Crippen LogP contribution in [0.1, 0.15) is 32.1 Å². The molecular formula is C17H22INO4S. The number of benzene rings is 1. The molecule has 1 heterocycles. The van der Waals surface area contributed by atoms with Gasteiger partial charge in [-0.05, 0) is 60.1 Å². The Hall–Kier alpha value is -0.830. The SMILES string of the molecule is O=C(COc1cccc(I)c1)N(C1CCCC1)C1CCS(=O)(=O)C1. The van der Waals surface area contributed by atoms with Crippen molar-refractivity contribution in [2.75, 3.05) is 18.1 Å². The number of carbonyl (C=O) groups is 1. The monoisotopic (exact) mass is 463 g/mol. The van der Waals surface area contributed by atoms with Gasteiger partial charge in [0.05, 0.1) is 11.5 Å². The zero-order chi connectivity index (χ0) is 17.2. The summed E-state index contributed by atoms with van der Waals surface area (Å²) < 4.78 is 30.4. The third kappa shape index (κ3) is 4.41. The van der Waals surface area contributed by atoms with E-state index in [0.717, 1.165) is 29.3 Å². The van der Waals surface area contributed by atoms with Gasteiger partial charge in [0.25, 0.3) is 5.91 Å². The number of carbonyl (C=O) groups excluding carboxylic acids is 1. The van der Waals surface area contributed by atoms with Crippen LogP contribution < -0.4 is 4.74 Å². The molecule has 1 atom stereocenters. The highest BCUT2D eigenvalue weighted by Crippen LogP contribution is 2.29. The molecule has 0 bridgehead atoms. The van der Waals surface area contributed by atoms with Crippen LogP contribution in [0.5, 0.6) is 5.75 Å². The lowest BCUT2D eigenvalue weighted by atomic mass is 10.1. The number of hydrogen-bond acceptors (Lipinski definition) is 4. The minimum Gasteiger partial charge on any atom is -0.484 e. The van der Waals surface area contributed by atoms with Gasteiger partial charge in [0.1, 0.15) is 5.75 Å². The summed E-state index contributed by atoms with van der Waals surface area (Å²) in [6.07, 6.45) is 4.68. The van der Waals surface area contributed by atoms with Gasteiger partial charge < -0.3 is 9.64 Å². The number of nitrogens with zero attached hydrogens (tertiary/aromatic N) is 1. The highest BCUT2D eigenvalue weighted by Gasteiger charge is 2.39. The highest BCUT2D eigenvalue weighted by molar-refractivity contribution is 14.1. The number of amides is 1.